The van der Waals surface area contributed by atoms with Gasteiger partial charge in [-0.2, -0.15) is 18.3 Å². The average Bonchev–Trinajstić information content (AvgIpc) is 3.31. The van der Waals surface area contributed by atoms with Crippen molar-refractivity contribution < 1.29 is 17.9 Å². The number of hydrogen-bond acceptors (Lipinski definition) is 7. The first-order chi connectivity index (χ1) is 17.2. The smallest absolute Gasteiger partial charge is 0.433 e. The van der Waals surface area contributed by atoms with Crippen LogP contribution in [0.2, 0.25) is 5.02 Å². The Morgan fingerprint density at radius 2 is 1.73 bits per heavy atom. The van der Waals surface area contributed by atoms with Gasteiger partial charge in [0.05, 0.1) is 12.0 Å². The van der Waals surface area contributed by atoms with Crippen molar-refractivity contribution in [1.82, 2.24) is 25.1 Å². The summed E-state index contributed by atoms with van der Waals surface area (Å²) in [5, 5.41) is 6.31. The van der Waals surface area contributed by atoms with Gasteiger partial charge in [0.1, 0.15) is 17.9 Å². The number of nitrogens with zero attached hydrogens (tertiary/aromatic N) is 6. The zero-order valence-corrected chi connectivity index (χ0v) is 22.3. The van der Waals surface area contributed by atoms with E-state index >= 15 is 0 Å². The fraction of sp³-hybridized carbons (Fsp3) is 0.542. The van der Waals surface area contributed by atoms with Gasteiger partial charge >= 0.3 is 6.18 Å². The number of piperidine rings is 1. The van der Waals surface area contributed by atoms with Crippen LogP contribution in [-0.4, -0.2) is 78.0 Å². The average molecular weight is 560 g/mol. The Hall–Kier alpha value is -2.50. The molecule has 13 heteroatoms. The van der Waals surface area contributed by atoms with Crippen LogP contribution in [0.4, 0.5) is 24.7 Å². The molecule has 1 aromatic carbocycles. The highest BCUT2D eigenvalue weighted by Crippen LogP contribution is 2.38. The fourth-order valence-electron chi connectivity index (χ4n) is 5.00. The molecule has 2 fully saturated rings. The Bertz CT molecular complexity index is 1220. The van der Waals surface area contributed by atoms with E-state index in [4.69, 9.17) is 16.3 Å². The van der Waals surface area contributed by atoms with Crippen LogP contribution in [0, 0.1) is 12.8 Å². The van der Waals surface area contributed by atoms with Gasteiger partial charge in [0.15, 0.2) is 11.3 Å². The van der Waals surface area contributed by atoms with Crippen molar-refractivity contribution in [2.75, 3.05) is 62.7 Å². The van der Waals surface area contributed by atoms with Crippen LogP contribution < -0.4 is 14.5 Å². The molecule has 0 aliphatic carbocycles. The Kier molecular flexibility index (Phi) is 8.25. The lowest BCUT2D eigenvalue weighted by molar-refractivity contribution is -0.139. The van der Waals surface area contributed by atoms with E-state index in [-0.39, 0.29) is 29.3 Å². The van der Waals surface area contributed by atoms with Crippen LogP contribution in [0.25, 0.3) is 11.0 Å². The molecule has 2 saturated heterocycles. The molecule has 8 nitrogen and oxygen atoms in total. The highest BCUT2D eigenvalue weighted by atomic mass is 35.5. The van der Waals surface area contributed by atoms with Crippen LogP contribution >= 0.6 is 24.0 Å². The van der Waals surface area contributed by atoms with Crippen molar-refractivity contribution in [2.24, 2.45) is 5.92 Å². The number of H-pyrrole nitrogens is 1. The summed E-state index contributed by atoms with van der Waals surface area (Å²) in [6.07, 6.45) is -1.08. The Morgan fingerprint density at radius 1 is 1.05 bits per heavy atom. The molecule has 2 aliphatic rings. The van der Waals surface area contributed by atoms with E-state index in [0.717, 1.165) is 42.9 Å². The quantitative estimate of drug-likeness (QED) is 0.481. The number of nitrogens with one attached hydrogen (secondary N) is 1. The minimum Gasteiger partial charge on any atom is -0.493 e. The highest BCUT2D eigenvalue weighted by molar-refractivity contribution is 6.31. The second kappa shape index (κ2) is 11.1. The van der Waals surface area contributed by atoms with E-state index in [9.17, 15) is 13.2 Å². The lowest BCUT2D eigenvalue weighted by atomic mass is 9.98. The maximum Gasteiger partial charge on any atom is 0.433 e. The molecule has 0 spiro atoms. The first-order valence-electron chi connectivity index (χ1n) is 12.1. The number of hydrogen-bond donors (Lipinski definition) is 1. The summed E-state index contributed by atoms with van der Waals surface area (Å²) in [5.74, 6) is 1.55. The molecule has 4 heterocycles. The summed E-state index contributed by atoms with van der Waals surface area (Å²) in [6, 6.07) is 3.79. The SMILES string of the molecule is Cc1c(OCC2CCN(C)CC2)cc(Cl)cc1N1CCN(c2ncnc3n[nH]c(C(F)(F)F)c23)CC1.Cl. The first kappa shape index (κ1) is 27.5. The topological polar surface area (TPSA) is 73.4 Å². The van der Waals surface area contributed by atoms with Gasteiger partial charge in [-0.05, 0) is 58.0 Å². The molecule has 0 amide bonds. The molecule has 0 radical (unpaired) electrons. The van der Waals surface area contributed by atoms with Gasteiger partial charge in [-0.25, -0.2) is 9.97 Å². The zero-order valence-electron chi connectivity index (χ0n) is 20.7. The van der Waals surface area contributed by atoms with Gasteiger partial charge in [-0.3, -0.25) is 5.10 Å². The van der Waals surface area contributed by atoms with Crippen molar-refractivity contribution in [3.63, 3.8) is 0 Å². The predicted molar refractivity (Wildman–Crippen MR) is 140 cm³/mol. The maximum absolute atomic E-state index is 13.5. The zero-order chi connectivity index (χ0) is 25.4. The molecule has 0 bridgehead atoms. The van der Waals surface area contributed by atoms with Gasteiger partial charge in [-0.1, -0.05) is 11.6 Å². The number of anilines is 2. The van der Waals surface area contributed by atoms with Crippen molar-refractivity contribution in [1.29, 1.82) is 0 Å². The molecule has 37 heavy (non-hydrogen) atoms. The lowest BCUT2D eigenvalue weighted by Gasteiger charge is -2.38. The normalized spacial score (nSPS) is 17.8. The Labute approximate surface area is 224 Å². The number of halogens is 5. The molecule has 1 N–H and O–H groups in total. The molecular weight excluding hydrogens is 530 g/mol. The van der Waals surface area contributed by atoms with E-state index in [0.29, 0.717) is 43.7 Å². The summed E-state index contributed by atoms with van der Waals surface area (Å²) in [5.41, 5.74) is 1.08. The number of rotatable bonds is 5. The van der Waals surface area contributed by atoms with E-state index in [1.165, 1.54) is 6.33 Å². The largest absolute Gasteiger partial charge is 0.493 e. The van der Waals surface area contributed by atoms with Crippen molar-refractivity contribution in [2.45, 2.75) is 25.9 Å². The van der Waals surface area contributed by atoms with Crippen molar-refractivity contribution in [3.8, 4) is 5.75 Å². The van der Waals surface area contributed by atoms with E-state index in [1.807, 2.05) is 24.0 Å². The van der Waals surface area contributed by atoms with Crippen molar-refractivity contribution in [3.05, 3.63) is 34.7 Å². The monoisotopic (exact) mass is 559 g/mol. The molecule has 3 aromatic rings. The number of ether oxygens (including phenoxy) is 1. The standard InChI is InChI=1S/C24H29ClF3N7O.ClH/c1-15-18(11-17(25)12-19(15)36-13-16-3-5-33(2)6-4-16)34-7-9-35(10-8-34)23-20-21(24(26,27)28)31-32-22(20)29-14-30-23;/h11-12,14,16H,3-10,13H2,1-2H3,(H,29,30,31,32);1H. The second-order valence-electron chi connectivity index (χ2n) is 9.57. The van der Waals surface area contributed by atoms with Gasteiger partial charge in [0.2, 0.25) is 0 Å². The Balaban J connectivity index is 0.00000320. The molecule has 2 aliphatic heterocycles. The second-order valence-corrected chi connectivity index (χ2v) is 10.0. The fourth-order valence-corrected chi connectivity index (χ4v) is 5.20. The summed E-state index contributed by atoms with van der Waals surface area (Å²) >= 11 is 6.46. The van der Waals surface area contributed by atoms with E-state index < -0.39 is 11.9 Å². The van der Waals surface area contributed by atoms with E-state index in [2.05, 4.69) is 37.0 Å². The third-order valence-electron chi connectivity index (χ3n) is 7.14. The number of aromatic nitrogens is 4. The Morgan fingerprint density at radius 3 is 2.41 bits per heavy atom. The number of aromatic amines is 1. The van der Waals surface area contributed by atoms with Gasteiger partial charge in [0.25, 0.3) is 0 Å². The summed E-state index contributed by atoms with van der Waals surface area (Å²) < 4.78 is 46.8. The molecule has 0 saturated carbocycles. The van der Waals surface area contributed by atoms with E-state index in [1.54, 1.807) is 0 Å². The minimum atomic E-state index is -4.57. The molecule has 0 atom stereocenters. The van der Waals surface area contributed by atoms with Crippen LogP contribution in [0.15, 0.2) is 18.5 Å². The maximum atomic E-state index is 13.5. The third-order valence-corrected chi connectivity index (χ3v) is 7.36. The lowest BCUT2D eigenvalue weighted by Crippen LogP contribution is -2.47. The summed E-state index contributed by atoms with van der Waals surface area (Å²) in [4.78, 5) is 14.5. The van der Waals surface area contributed by atoms with Crippen molar-refractivity contribution >= 4 is 46.5 Å². The predicted octanol–water partition coefficient (Wildman–Crippen LogP) is 4.80. The molecule has 2 aromatic heterocycles. The molecule has 5 rings (SSSR count). The number of alkyl halides is 3. The van der Waals surface area contributed by atoms with Gasteiger partial charge < -0.3 is 19.4 Å². The van der Waals surface area contributed by atoms with Gasteiger partial charge in [-0.15, -0.1) is 12.4 Å². The minimum absolute atomic E-state index is 0. The van der Waals surface area contributed by atoms with Gasteiger partial charge in [0, 0.05) is 42.5 Å². The third kappa shape index (κ3) is 5.83. The number of benzene rings is 1. The number of fused-ring (bicyclic) bond motifs is 1. The number of likely N-dealkylation sites (tertiary alicyclic amines) is 1. The van der Waals surface area contributed by atoms with Crippen LogP contribution in [0.3, 0.4) is 0 Å². The summed E-state index contributed by atoms with van der Waals surface area (Å²) in [7, 11) is 2.14. The van der Waals surface area contributed by atoms with Crippen LogP contribution in [0.1, 0.15) is 24.1 Å². The molecular formula is C24H30Cl2F3N7O. The first-order valence-corrected chi connectivity index (χ1v) is 12.5. The molecule has 202 valence electrons. The number of piperazine rings is 1. The van der Waals surface area contributed by atoms with Crippen LogP contribution in [0.5, 0.6) is 5.75 Å². The van der Waals surface area contributed by atoms with Crippen LogP contribution in [-0.2, 0) is 6.18 Å². The highest BCUT2D eigenvalue weighted by Gasteiger charge is 2.38. The summed E-state index contributed by atoms with van der Waals surface area (Å²) in [6.45, 7) is 7.04. The molecule has 0 unspecified atom stereocenters.